The lowest BCUT2D eigenvalue weighted by atomic mass is 9.96. The van der Waals surface area contributed by atoms with Crippen molar-refractivity contribution in [3.8, 4) is 0 Å². The van der Waals surface area contributed by atoms with Crippen molar-refractivity contribution in [3.63, 3.8) is 0 Å². The standard InChI is InChI=1S/C16H22N2O3/c1-3-11(2)14-16(20)17-13(15(19)18-14)10-21-9-12-7-5-4-6-8-12/h4-8,11,13-14H,3,9-10H2,1-2H3,(H,17,20)(H,18,19)/t11-,13-,14-/m0/s1. The molecule has 2 N–H and O–H groups in total. The molecule has 0 spiro atoms. The molecule has 1 heterocycles. The molecule has 5 heteroatoms. The van der Waals surface area contributed by atoms with E-state index in [0.717, 1.165) is 12.0 Å². The summed E-state index contributed by atoms with van der Waals surface area (Å²) in [7, 11) is 0. The smallest absolute Gasteiger partial charge is 0.245 e. The van der Waals surface area contributed by atoms with Crippen LogP contribution in [0.3, 0.4) is 0 Å². The molecule has 0 aliphatic carbocycles. The lowest BCUT2D eigenvalue weighted by Crippen LogP contribution is -2.64. The van der Waals surface area contributed by atoms with E-state index in [9.17, 15) is 9.59 Å². The second-order valence-electron chi connectivity index (χ2n) is 5.43. The zero-order chi connectivity index (χ0) is 15.2. The van der Waals surface area contributed by atoms with Gasteiger partial charge in [0.2, 0.25) is 11.8 Å². The molecule has 0 bridgehead atoms. The van der Waals surface area contributed by atoms with E-state index in [-0.39, 0.29) is 24.3 Å². The summed E-state index contributed by atoms with van der Waals surface area (Å²) in [5.74, 6) is -0.176. The number of hydrogen-bond donors (Lipinski definition) is 2. The average molecular weight is 290 g/mol. The molecule has 0 unspecified atom stereocenters. The second kappa shape index (κ2) is 7.22. The molecule has 1 saturated heterocycles. The SMILES string of the molecule is CC[C@H](C)[C@@H]1NC(=O)[C@H](COCc2ccccc2)NC1=O. The second-order valence-corrected chi connectivity index (χ2v) is 5.43. The zero-order valence-corrected chi connectivity index (χ0v) is 12.5. The van der Waals surface area contributed by atoms with E-state index in [1.807, 2.05) is 44.2 Å². The van der Waals surface area contributed by atoms with E-state index in [1.54, 1.807) is 0 Å². The van der Waals surface area contributed by atoms with E-state index in [4.69, 9.17) is 4.74 Å². The lowest BCUT2D eigenvalue weighted by Gasteiger charge is -2.32. The molecule has 1 aliphatic rings. The Morgan fingerprint density at radius 2 is 1.86 bits per heavy atom. The van der Waals surface area contributed by atoms with Crippen LogP contribution >= 0.6 is 0 Å². The summed E-state index contributed by atoms with van der Waals surface area (Å²) in [6.45, 7) is 4.56. The topological polar surface area (TPSA) is 67.4 Å². The highest BCUT2D eigenvalue weighted by Gasteiger charge is 2.35. The number of rotatable bonds is 6. The molecule has 1 aliphatic heterocycles. The highest BCUT2D eigenvalue weighted by molar-refractivity contribution is 5.97. The first-order chi connectivity index (χ1) is 10.1. The van der Waals surface area contributed by atoms with Gasteiger partial charge in [-0.1, -0.05) is 50.6 Å². The van der Waals surface area contributed by atoms with Crippen molar-refractivity contribution in [2.45, 2.75) is 39.0 Å². The summed E-state index contributed by atoms with van der Waals surface area (Å²) in [5.41, 5.74) is 1.04. The third-order valence-corrected chi connectivity index (χ3v) is 3.82. The molecule has 0 saturated carbocycles. The van der Waals surface area contributed by atoms with Gasteiger partial charge in [0, 0.05) is 0 Å². The molecule has 3 atom stereocenters. The first-order valence-corrected chi connectivity index (χ1v) is 7.34. The number of ether oxygens (including phenoxy) is 1. The molecule has 1 fully saturated rings. The summed E-state index contributed by atoms with van der Waals surface area (Å²) in [5, 5.41) is 5.53. The zero-order valence-electron chi connectivity index (χ0n) is 12.5. The Morgan fingerprint density at radius 3 is 2.52 bits per heavy atom. The van der Waals surface area contributed by atoms with Crippen LogP contribution in [0.25, 0.3) is 0 Å². The highest BCUT2D eigenvalue weighted by atomic mass is 16.5. The van der Waals surface area contributed by atoms with E-state index in [0.29, 0.717) is 6.61 Å². The number of carbonyl (C=O) groups is 2. The highest BCUT2D eigenvalue weighted by Crippen LogP contribution is 2.12. The number of hydrogen-bond acceptors (Lipinski definition) is 3. The number of amides is 2. The summed E-state index contributed by atoms with van der Waals surface area (Å²) in [6.07, 6.45) is 0.841. The van der Waals surface area contributed by atoms with Crippen molar-refractivity contribution < 1.29 is 14.3 Å². The van der Waals surface area contributed by atoms with Crippen LogP contribution in [-0.4, -0.2) is 30.5 Å². The lowest BCUT2D eigenvalue weighted by molar-refractivity contribution is -0.139. The van der Waals surface area contributed by atoms with Crippen molar-refractivity contribution >= 4 is 11.8 Å². The van der Waals surface area contributed by atoms with E-state index >= 15 is 0 Å². The Balaban J connectivity index is 1.82. The largest absolute Gasteiger partial charge is 0.374 e. The maximum Gasteiger partial charge on any atom is 0.245 e. The van der Waals surface area contributed by atoms with Gasteiger partial charge in [-0.05, 0) is 11.5 Å². The normalized spacial score (nSPS) is 23.3. The quantitative estimate of drug-likeness (QED) is 0.828. The number of benzene rings is 1. The van der Waals surface area contributed by atoms with Gasteiger partial charge in [-0.25, -0.2) is 0 Å². The van der Waals surface area contributed by atoms with Crippen molar-refractivity contribution in [3.05, 3.63) is 35.9 Å². The molecule has 5 nitrogen and oxygen atoms in total. The fourth-order valence-corrected chi connectivity index (χ4v) is 2.27. The predicted molar refractivity (Wildman–Crippen MR) is 79.4 cm³/mol. The van der Waals surface area contributed by atoms with Crippen molar-refractivity contribution in [2.75, 3.05) is 6.61 Å². The van der Waals surface area contributed by atoms with Gasteiger partial charge in [0.15, 0.2) is 0 Å². The summed E-state index contributed by atoms with van der Waals surface area (Å²) >= 11 is 0. The molecular formula is C16H22N2O3. The van der Waals surface area contributed by atoms with Gasteiger partial charge < -0.3 is 15.4 Å². The van der Waals surface area contributed by atoms with Crippen LogP contribution in [0.2, 0.25) is 0 Å². The number of carbonyl (C=O) groups excluding carboxylic acids is 2. The van der Waals surface area contributed by atoms with Gasteiger partial charge in [-0.3, -0.25) is 9.59 Å². The monoisotopic (exact) mass is 290 g/mol. The molecule has 21 heavy (non-hydrogen) atoms. The first kappa shape index (κ1) is 15.5. The van der Waals surface area contributed by atoms with Crippen LogP contribution in [-0.2, 0) is 20.9 Å². The maximum atomic E-state index is 12.0. The summed E-state index contributed by atoms with van der Waals surface area (Å²) in [4.78, 5) is 24.0. The van der Waals surface area contributed by atoms with E-state index < -0.39 is 12.1 Å². The minimum atomic E-state index is -0.610. The Hall–Kier alpha value is -1.88. The van der Waals surface area contributed by atoms with Gasteiger partial charge in [-0.2, -0.15) is 0 Å². The van der Waals surface area contributed by atoms with Gasteiger partial charge in [0.25, 0.3) is 0 Å². The molecular weight excluding hydrogens is 268 g/mol. The number of nitrogens with one attached hydrogen (secondary N) is 2. The Morgan fingerprint density at radius 1 is 1.14 bits per heavy atom. The van der Waals surface area contributed by atoms with Crippen LogP contribution in [0.15, 0.2) is 30.3 Å². The molecule has 1 aromatic carbocycles. The Bertz CT molecular complexity index is 490. The minimum Gasteiger partial charge on any atom is -0.374 e. The number of piperazine rings is 1. The van der Waals surface area contributed by atoms with Crippen LogP contribution in [0, 0.1) is 5.92 Å². The minimum absolute atomic E-state index is 0.125. The van der Waals surface area contributed by atoms with Crippen LogP contribution in [0.5, 0.6) is 0 Å². The Labute approximate surface area is 125 Å². The molecule has 2 rings (SSSR count). The van der Waals surface area contributed by atoms with Crippen LogP contribution < -0.4 is 10.6 Å². The van der Waals surface area contributed by atoms with Crippen LogP contribution in [0.4, 0.5) is 0 Å². The van der Waals surface area contributed by atoms with E-state index in [2.05, 4.69) is 10.6 Å². The third-order valence-electron chi connectivity index (χ3n) is 3.82. The van der Waals surface area contributed by atoms with Gasteiger partial charge in [-0.15, -0.1) is 0 Å². The Kier molecular flexibility index (Phi) is 5.33. The van der Waals surface area contributed by atoms with Gasteiger partial charge in [0.1, 0.15) is 12.1 Å². The predicted octanol–water partition coefficient (Wildman–Crippen LogP) is 1.23. The van der Waals surface area contributed by atoms with Gasteiger partial charge in [0.05, 0.1) is 13.2 Å². The third kappa shape index (κ3) is 4.04. The molecule has 0 aromatic heterocycles. The average Bonchev–Trinajstić information content (AvgIpc) is 2.50. The van der Waals surface area contributed by atoms with Gasteiger partial charge >= 0.3 is 0 Å². The molecule has 2 amide bonds. The van der Waals surface area contributed by atoms with Crippen LogP contribution in [0.1, 0.15) is 25.8 Å². The molecule has 1 aromatic rings. The maximum absolute atomic E-state index is 12.0. The summed E-state index contributed by atoms with van der Waals surface area (Å²) < 4.78 is 5.52. The molecule has 114 valence electrons. The fourth-order valence-electron chi connectivity index (χ4n) is 2.27. The van der Waals surface area contributed by atoms with Crippen molar-refractivity contribution in [1.29, 1.82) is 0 Å². The fraction of sp³-hybridized carbons (Fsp3) is 0.500. The van der Waals surface area contributed by atoms with Crippen molar-refractivity contribution in [1.82, 2.24) is 10.6 Å². The molecule has 0 radical (unpaired) electrons. The first-order valence-electron chi connectivity index (χ1n) is 7.34. The summed E-state index contributed by atoms with van der Waals surface area (Å²) in [6, 6.07) is 8.67. The van der Waals surface area contributed by atoms with Crippen molar-refractivity contribution in [2.24, 2.45) is 5.92 Å². The van der Waals surface area contributed by atoms with E-state index in [1.165, 1.54) is 0 Å².